The zero-order valence-electron chi connectivity index (χ0n) is 19.5. The molecule has 0 unspecified atom stereocenters. The van der Waals surface area contributed by atoms with Crippen molar-refractivity contribution in [2.24, 2.45) is 0 Å². The summed E-state index contributed by atoms with van der Waals surface area (Å²) in [5, 5.41) is 37.5. The molecule has 0 amide bonds. The topological polar surface area (TPSA) is 253 Å². The van der Waals surface area contributed by atoms with E-state index in [9.17, 15) is 37.3 Å². The largest absolute Gasteiger partial charge is 0.506 e. The van der Waals surface area contributed by atoms with Gasteiger partial charge in [0, 0.05) is 12.1 Å². The van der Waals surface area contributed by atoms with Crippen LogP contribution in [0.2, 0.25) is 0 Å². The lowest BCUT2D eigenvalue weighted by atomic mass is 10.3. The van der Waals surface area contributed by atoms with E-state index >= 15 is 0 Å². The molecule has 0 aliphatic rings. The molecule has 0 saturated carbocycles. The van der Waals surface area contributed by atoms with Gasteiger partial charge in [0.1, 0.15) is 23.0 Å². The Hall–Kier alpha value is -4.82. The Morgan fingerprint density at radius 2 is 0.684 bits per heavy atom. The van der Waals surface area contributed by atoms with Gasteiger partial charge < -0.3 is 43.4 Å². The smallest absolute Gasteiger partial charge is 0.206 e. The molecule has 38 heavy (non-hydrogen) atoms. The van der Waals surface area contributed by atoms with Gasteiger partial charge in [-0.2, -0.15) is 0 Å². The van der Waals surface area contributed by atoms with Gasteiger partial charge in [-0.3, -0.25) is 0 Å². The summed E-state index contributed by atoms with van der Waals surface area (Å²) in [4.78, 5) is -0.368. The van der Waals surface area contributed by atoms with Gasteiger partial charge in [-0.05, 0) is 60.7 Å². The van der Waals surface area contributed by atoms with Crippen LogP contribution < -0.4 is 22.9 Å². The number of anilines is 4. The molecule has 200 valence electrons. The molecule has 0 saturated heterocycles. The second-order valence-electron chi connectivity index (χ2n) is 7.89. The Kier molecular flexibility index (Phi) is 7.51. The summed E-state index contributed by atoms with van der Waals surface area (Å²) >= 11 is 0. The van der Waals surface area contributed by atoms with Crippen LogP contribution in [0.25, 0.3) is 0 Å². The maximum Gasteiger partial charge on any atom is 0.206 e. The number of nitrogen functional groups attached to an aromatic ring is 4. The number of benzene rings is 4. The highest BCUT2D eigenvalue weighted by molar-refractivity contribution is 7.91. The highest BCUT2D eigenvalue weighted by Gasteiger charge is 2.21. The van der Waals surface area contributed by atoms with E-state index in [1.54, 1.807) is 0 Å². The molecule has 14 heteroatoms. The molecule has 0 aromatic heterocycles. The summed E-state index contributed by atoms with van der Waals surface area (Å²) in [5.41, 5.74) is 21.9. The van der Waals surface area contributed by atoms with Crippen molar-refractivity contribution in [3.05, 3.63) is 72.8 Å². The Morgan fingerprint density at radius 3 is 0.974 bits per heavy atom. The number of phenolic OH excluding ortho intramolecular Hbond substituents is 4. The van der Waals surface area contributed by atoms with E-state index in [2.05, 4.69) is 0 Å². The standard InChI is InChI=1S/2C12H12N2O4S/c13-9-5-7(1-3-11(9)15)19(17,18)8-2-4-12(16)10(14)6-8;13-9-3-1-7(5-11(9)15)19(17,18)8-2-4-10(14)12(16)6-8/h2*1-6,15-16H,13-14H2. The van der Waals surface area contributed by atoms with E-state index in [-0.39, 0.29) is 65.3 Å². The third-order valence-corrected chi connectivity index (χ3v) is 8.74. The summed E-state index contributed by atoms with van der Waals surface area (Å²) in [6.07, 6.45) is 0. The average Bonchev–Trinajstić information content (AvgIpc) is 2.86. The molecule has 0 spiro atoms. The van der Waals surface area contributed by atoms with Gasteiger partial charge in [0.15, 0.2) is 0 Å². The molecule has 4 aromatic rings. The van der Waals surface area contributed by atoms with Crippen molar-refractivity contribution in [3.8, 4) is 23.0 Å². The number of hydrogen-bond acceptors (Lipinski definition) is 12. The Morgan fingerprint density at radius 1 is 0.395 bits per heavy atom. The number of aromatic hydroxyl groups is 4. The number of hydrogen-bond donors (Lipinski definition) is 8. The normalized spacial score (nSPS) is 11.4. The minimum absolute atomic E-state index is 0.0344. The van der Waals surface area contributed by atoms with Gasteiger partial charge in [0.2, 0.25) is 19.7 Å². The molecule has 0 aliphatic heterocycles. The van der Waals surface area contributed by atoms with E-state index in [1.807, 2.05) is 0 Å². The Labute approximate surface area is 217 Å². The van der Waals surface area contributed by atoms with Crippen LogP contribution in [0.4, 0.5) is 22.7 Å². The quantitative estimate of drug-likeness (QED) is 0.132. The molecule has 4 aromatic carbocycles. The molecule has 0 atom stereocenters. The van der Waals surface area contributed by atoms with Crippen LogP contribution in [-0.2, 0) is 19.7 Å². The highest BCUT2D eigenvalue weighted by Crippen LogP contribution is 2.32. The fraction of sp³-hybridized carbons (Fsp3) is 0. The van der Waals surface area contributed by atoms with Crippen molar-refractivity contribution >= 4 is 42.4 Å². The lowest BCUT2D eigenvalue weighted by Crippen LogP contribution is -2.03. The maximum absolute atomic E-state index is 12.3. The number of nitrogens with two attached hydrogens (primary N) is 4. The van der Waals surface area contributed by atoms with Crippen molar-refractivity contribution in [1.29, 1.82) is 0 Å². The summed E-state index contributed by atoms with van der Waals surface area (Å²) in [6, 6.07) is 14.4. The lowest BCUT2D eigenvalue weighted by molar-refractivity contribution is 0.475. The van der Waals surface area contributed by atoms with Crippen LogP contribution in [-0.4, -0.2) is 37.3 Å². The zero-order chi connectivity index (χ0) is 28.4. The fourth-order valence-corrected chi connectivity index (χ4v) is 5.68. The van der Waals surface area contributed by atoms with Gasteiger partial charge in [-0.15, -0.1) is 0 Å². The Bertz CT molecular complexity index is 1500. The summed E-state index contributed by atoms with van der Waals surface area (Å²) in [6.45, 7) is 0. The average molecular weight is 561 g/mol. The minimum Gasteiger partial charge on any atom is -0.506 e. The molecule has 0 aliphatic carbocycles. The van der Waals surface area contributed by atoms with Crippen molar-refractivity contribution in [1.82, 2.24) is 0 Å². The van der Waals surface area contributed by atoms with E-state index in [1.165, 1.54) is 48.5 Å². The first kappa shape index (κ1) is 27.8. The predicted molar refractivity (Wildman–Crippen MR) is 141 cm³/mol. The van der Waals surface area contributed by atoms with Crippen LogP contribution >= 0.6 is 0 Å². The molecular formula is C24H24N4O8S2. The van der Waals surface area contributed by atoms with Crippen molar-refractivity contribution < 1.29 is 37.3 Å². The number of rotatable bonds is 4. The third kappa shape index (κ3) is 5.61. The summed E-state index contributed by atoms with van der Waals surface area (Å²) in [7, 11) is -7.65. The van der Waals surface area contributed by atoms with E-state index < -0.39 is 19.7 Å². The number of phenols is 4. The van der Waals surface area contributed by atoms with Gasteiger partial charge in [0.05, 0.1) is 42.3 Å². The number of sulfone groups is 2. The van der Waals surface area contributed by atoms with E-state index in [0.717, 1.165) is 24.3 Å². The van der Waals surface area contributed by atoms with Crippen LogP contribution in [0, 0.1) is 0 Å². The SMILES string of the molecule is Nc1cc(S(=O)(=O)c2ccc(O)c(N)c2)ccc1O.Nc1ccc(S(=O)(=O)c2ccc(N)c(O)c2)cc1O. The third-order valence-electron chi connectivity index (χ3n) is 5.24. The van der Waals surface area contributed by atoms with Gasteiger partial charge in [-0.1, -0.05) is 0 Å². The molecule has 0 heterocycles. The molecule has 12 N–H and O–H groups in total. The highest BCUT2D eigenvalue weighted by atomic mass is 32.2. The molecule has 4 rings (SSSR count). The second-order valence-corrected chi connectivity index (χ2v) is 11.8. The molecule has 0 bridgehead atoms. The molecule has 0 radical (unpaired) electrons. The fourth-order valence-electron chi connectivity index (χ4n) is 3.05. The summed E-state index contributed by atoms with van der Waals surface area (Å²) < 4.78 is 49.1. The zero-order valence-corrected chi connectivity index (χ0v) is 21.1. The Balaban J connectivity index is 0.000000211. The van der Waals surface area contributed by atoms with Crippen LogP contribution in [0.1, 0.15) is 0 Å². The van der Waals surface area contributed by atoms with Gasteiger partial charge in [0.25, 0.3) is 0 Å². The minimum atomic E-state index is -3.85. The van der Waals surface area contributed by atoms with Crippen LogP contribution in [0.15, 0.2) is 92.4 Å². The predicted octanol–water partition coefficient (Wildman–Crippen LogP) is 2.19. The van der Waals surface area contributed by atoms with E-state index in [4.69, 9.17) is 22.9 Å². The monoisotopic (exact) mass is 560 g/mol. The van der Waals surface area contributed by atoms with Crippen molar-refractivity contribution in [3.63, 3.8) is 0 Å². The van der Waals surface area contributed by atoms with Crippen molar-refractivity contribution in [2.45, 2.75) is 19.6 Å². The molecule has 12 nitrogen and oxygen atoms in total. The summed E-state index contributed by atoms with van der Waals surface area (Å²) in [5.74, 6) is -1.02. The first-order chi connectivity index (χ1) is 17.6. The first-order valence-corrected chi connectivity index (χ1v) is 13.5. The second kappa shape index (κ2) is 10.3. The van der Waals surface area contributed by atoms with Crippen molar-refractivity contribution in [2.75, 3.05) is 22.9 Å². The first-order valence-electron chi connectivity index (χ1n) is 10.5. The van der Waals surface area contributed by atoms with Gasteiger partial charge in [-0.25, -0.2) is 16.8 Å². The van der Waals surface area contributed by atoms with E-state index in [0.29, 0.717) is 0 Å². The molecular weight excluding hydrogens is 536 g/mol. The molecule has 0 fully saturated rings. The van der Waals surface area contributed by atoms with Crippen LogP contribution in [0.3, 0.4) is 0 Å². The van der Waals surface area contributed by atoms with Crippen LogP contribution in [0.5, 0.6) is 23.0 Å². The lowest BCUT2D eigenvalue weighted by Gasteiger charge is -2.08. The maximum atomic E-state index is 12.3. The van der Waals surface area contributed by atoms with Gasteiger partial charge >= 0.3 is 0 Å².